The maximum absolute atomic E-state index is 11.7. The summed E-state index contributed by atoms with van der Waals surface area (Å²) >= 11 is 0. The van der Waals surface area contributed by atoms with Crippen LogP contribution in [0.3, 0.4) is 0 Å². The lowest BCUT2D eigenvalue weighted by atomic mass is 9.77. The van der Waals surface area contributed by atoms with Crippen molar-refractivity contribution in [3.05, 3.63) is 0 Å². The third-order valence-electron chi connectivity index (χ3n) is 2.16. The van der Waals surface area contributed by atoms with Crippen molar-refractivity contribution in [2.75, 3.05) is 0 Å². The highest BCUT2D eigenvalue weighted by Crippen LogP contribution is 2.26. The van der Waals surface area contributed by atoms with Gasteiger partial charge in [0.05, 0.1) is 7.85 Å². The number of hydrogen-bond donors (Lipinski definition) is 2. The minimum absolute atomic E-state index is 0.229. The Balaban J connectivity index is 2.78. The molecule has 0 aromatic carbocycles. The molecule has 1 aliphatic rings. The fraction of sp³-hybridized carbons (Fsp3) is 1.00. The van der Waals surface area contributed by atoms with Crippen LogP contribution in [0.2, 0.25) is 1.41 Å². The van der Waals surface area contributed by atoms with Crippen molar-refractivity contribution in [3.8, 4) is 0 Å². The molecule has 0 atom stereocenters. The first kappa shape index (κ1) is 10.5. The van der Waals surface area contributed by atoms with Crippen molar-refractivity contribution < 1.29 is 9.83 Å². The summed E-state index contributed by atoms with van der Waals surface area (Å²) in [6.45, 7) is 3.42. The third kappa shape index (κ3) is 3.59. The molecule has 80 valence electrons. The molecular weight excluding hydrogens is 199 g/mol. The molecule has 1 rings (SSSR count). The summed E-state index contributed by atoms with van der Waals surface area (Å²) < 4.78 is 33.9. The normalized spacial score (nSPS) is 23.0. The SMILES string of the molecule is [2H]N(C1([B])CCCC1)S(=O)(=O)NC(C)C. The maximum Gasteiger partial charge on any atom is 0.276 e. The van der Waals surface area contributed by atoms with Crippen molar-refractivity contribution in [3.63, 3.8) is 0 Å². The summed E-state index contributed by atoms with van der Waals surface area (Å²) in [6, 6.07) is -0.229. The van der Waals surface area contributed by atoms with E-state index in [0.29, 0.717) is 17.6 Å². The van der Waals surface area contributed by atoms with Crippen molar-refractivity contribution >= 4 is 18.1 Å². The maximum atomic E-state index is 11.7. The van der Waals surface area contributed by atoms with Gasteiger partial charge in [0.25, 0.3) is 10.2 Å². The van der Waals surface area contributed by atoms with Gasteiger partial charge in [-0.1, -0.05) is 12.8 Å². The second-order valence-electron chi connectivity index (χ2n) is 4.15. The zero-order valence-electron chi connectivity index (χ0n) is 9.66. The third-order valence-corrected chi connectivity index (χ3v) is 3.53. The van der Waals surface area contributed by atoms with Gasteiger partial charge in [0.1, 0.15) is 1.41 Å². The molecule has 1 aliphatic carbocycles. The van der Waals surface area contributed by atoms with Crippen LogP contribution in [0.25, 0.3) is 0 Å². The van der Waals surface area contributed by atoms with E-state index >= 15 is 0 Å². The Kier molecular flexibility index (Phi) is 3.14. The standard InChI is InChI=1S/C8H17BN2O2S/c1-7(2)10-14(12,13)11-8(9)5-3-4-6-8/h7,10-11H,3-6H2,1-2H3/i/hD. The highest BCUT2D eigenvalue weighted by Gasteiger charge is 2.32. The Hall–Kier alpha value is -0.0651. The molecule has 14 heavy (non-hydrogen) atoms. The first-order valence-electron chi connectivity index (χ1n) is 5.33. The van der Waals surface area contributed by atoms with Gasteiger partial charge in [0.15, 0.2) is 0 Å². The van der Waals surface area contributed by atoms with Crippen LogP contribution < -0.4 is 9.44 Å². The Morgan fingerprint density at radius 2 is 1.93 bits per heavy atom. The minimum Gasteiger partial charge on any atom is -0.205 e. The average molecular weight is 217 g/mol. The fourth-order valence-corrected chi connectivity index (χ4v) is 2.95. The molecular formula is C8H17BN2O2S. The average Bonchev–Trinajstić information content (AvgIpc) is 2.49. The predicted octanol–water partition coefficient (Wildman–Crippen LogP) is 0.258. The molecule has 2 N–H and O–H groups in total. The van der Waals surface area contributed by atoms with E-state index in [-0.39, 0.29) is 6.04 Å². The van der Waals surface area contributed by atoms with Gasteiger partial charge in [0.2, 0.25) is 0 Å². The van der Waals surface area contributed by atoms with Crippen molar-refractivity contribution in [1.82, 2.24) is 9.44 Å². The van der Waals surface area contributed by atoms with E-state index in [9.17, 15) is 8.42 Å². The summed E-state index contributed by atoms with van der Waals surface area (Å²) in [5, 5.41) is 0. The van der Waals surface area contributed by atoms with Crippen LogP contribution in [0.4, 0.5) is 0 Å². The molecule has 4 nitrogen and oxygen atoms in total. The van der Waals surface area contributed by atoms with Crippen LogP contribution in [0.1, 0.15) is 39.5 Å². The smallest absolute Gasteiger partial charge is 0.205 e. The van der Waals surface area contributed by atoms with Gasteiger partial charge in [-0.3, -0.25) is 0 Å². The van der Waals surface area contributed by atoms with Gasteiger partial charge in [-0.25, -0.2) is 4.72 Å². The summed E-state index contributed by atoms with van der Waals surface area (Å²) in [5.74, 6) is 0. The Morgan fingerprint density at radius 3 is 2.36 bits per heavy atom. The predicted molar refractivity (Wildman–Crippen MR) is 57.3 cm³/mol. The molecule has 0 aromatic heterocycles. The van der Waals surface area contributed by atoms with E-state index in [4.69, 9.17) is 9.26 Å². The molecule has 0 spiro atoms. The van der Waals surface area contributed by atoms with Gasteiger partial charge in [-0.05, 0) is 32.1 Å². The second-order valence-corrected chi connectivity index (χ2v) is 5.52. The van der Waals surface area contributed by atoms with E-state index in [2.05, 4.69) is 4.72 Å². The molecule has 0 saturated heterocycles. The molecule has 0 bridgehead atoms. The topological polar surface area (TPSA) is 58.2 Å². The van der Waals surface area contributed by atoms with E-state index in [1.807, 2.05) is 0 Å². The molecule has 0 aromatic rings. The Bertz CT molecular complexity index is 315. The lowest BCUT2D eigenvalue weighted by Gasteiger charge is -2.26. The minimum atomic E-state index is -3.78. The first-order valence-corrected chi connectivity index (χ1v) is 6.32. The molecule has 1 fully saturated rings. The van der Waals surface area contributed by atoms with Crippen LogP contribution >= 0.6 is 0 Å². The van der Waals surface area contributed by atoms with E-state index in [1.165, 1.54) is 0 Å². The van der Waals surface area contributed by atoms with E-state index in [0.717, 1.165) is 12.8 Å². The first-order chi connectivity index (χ1) is 6.78. The van der Waals surface area contributed by atoms with Crippen LogP contribution in [0.15, 0.2) is 0 Å². The highest BCUT2D eigenvalue weighted by molar-refractivity contribution is 7.87. The van der Waals surface area contributed by atoms with Crippen LogP contribution in [0.5, 0.6) is 0 Å². The number of rotatable bonds is 4. The van der Waals surface area contributed by atoms with Crippen molar-refractivity contribution in [1.29, 1.82) is 0 Å². The number of nitrogens with one attached hydrogen (secondary N) is 2. The quantitative estimate of drug-likeness (QED) is 0.663. The summed E-state index contributed by atoms with van der Waals surface area (Å²) in [7, 11) is 2.11. The lowest BCUT2D eigenvalue weighted by molar-refractivity contribution is 0.504. The molecule has 0 aliphatic heterocycles. The van der Waals surface area contributed by atoms with Gasteiger partial charge in [-0.2, -0.15) is 13.1 Å². The highest BCUT2D eigenvalue weighted by atomic mass is 32.2. The van der Waals surface area contributed by atoms with Crippen molar-refractivity contribution in [2.24, 2.45) is 0 Å². The molecule has 1 saturated carbocycles. The van der Waals surface area contributed by atoms with Crippen LogP contribution in [-0.4, -0.2) is 27.7 Å². The Morgan fingerprint density at radius 1 is 1.43 bits per heavy atom. The lowest BCUT2D eigenvalue weighted by Crippen LogP contribution is -2.52. The number of hydrogen-bond acceptors (Lipinski definition) is 2. The zero-order valence-corrected chi connectivity index (χ0v) is 9.47. The van der Waals surface area contributed by atoms with Gasteiger partial charge >= 0.3 is 0 Å². The molecule has 0 unspecified atom stereocenters. The van der Waals surface area contributed by atoms with E-state index < -0.39 is 15.6 Å². The Labute approximate surface area is 88.9 Å². The summed E-state index contributed by atoms with van der Waals surface area (Å²) in [5.41, 5.74) is -1.03. The van der Waals surface area contributed by atoms with Gasteiger partial charge in [0, 0.05) is 6.04 Å². The van der Waals surface area contributed by atoms with Crippen molar-refractivity contribution in [2.45, 2.75) is 51.0 Å². The summed E-state index contributed by atoms with van der Waals surface area (Å²) in [6.07, 6.45) is 2.86. The monoisotopic (exact) mass is 217 g/mol. The molecule has 2 radical (unpaired) electrons. The van der Waals surface area contributed by atoms with Crippen LogP contribution in [-0.2, 0) is 10.2 Å². The molecule has 6 heteroatoms. The van der Waals surface area contributed by atoms with Crippen LogP contribution in [0, 0.1) is 0 Å². The molecule has 0 heterocycles. The van der Waals surface area contributed by atoms with Gasteiger partial charge < -0.3 is 0 Å². The second kappa shape index (κ2) is 4.20. The largest absolute Gasteiger partial charge is 0.276 e. The summed E-state index contributed by atoms with van der Waals surface area (Å²) in [4.78, 5) is 0. The fourth-order valence-electron chi connectivity index (χ4n) is 1.64. The molecule has 0 amide bonds. The van der Waals surface area contributed by atoms with E-state index in [1.54, 1.807) is 13.8 Å². The zero-order chi connectivity index (χ0) is 11.7. The van der Waals surface area contributed by atoms with Gasteiger partial charge in [-0.15, -0.1) is 0 Å².